The lowest BCUT2D eigenvalue weighted by molar-refractivity contribution is 0.234. The maximum Gasteiger partial charge on any atom is 0.397 e. The molecule has 0 saturated heterocycles. The van der Waals surface area contributed by atoms with Gasteiger partial charge in [0.25, 0.3) is 0 Å². The summed E-state index contributed by atoms with van der Waals surface area (Å²) in [5.41, 5.74) is 0. The molecule has 0 bridgehead atoms. The van der Waals surface area contributed by atoms with Crippen LogP contribution in [0.4, 0.5) is 0 Å². The summed E-state index contributed by atoms with van der Waals surface area (Å²) in [4.78, 5) is 0. The maximum atomic E-state index is 10.9. The maximum absolute atomic E-state index is 10.9. The van der Waals surface area contributed by atoms with Crippen molar-refractivity contribution in [3.63, 3.8) is 0 Å². The first-order chi connectivity index (χ1) is 16.5. The Morgan fingerprint density at radius 1 is 0.618 bits per heavy atom. The van der Waals surface area contributed by atoms with Gasteiger partial charge in [0.1, 0.15) is 0 Å². The smallest absolute Gasteiger partial charge is 0.264 e. The Kier molecular flexibility index (Phi) is 25.4. The fourth-order valence-electron chi connectivity index (χ4n) is 4.52. The van der Waals surface area contributed by atoms with Gasteiger partial charge in [-0.05, 0) is 19.3 Å². The molecule has 0 aliphatic carbocycles. The van der Waals surface area contributed by atoms with Crippen molar-refractivity contribution in [1.82, 2.24) is 0 Å². The van der Waals surface area contributed by atoms with Crippen molar-refractivity contribution in [1.29, 1.82) is 0 Å². The highest BCUT2D eigenvalue weighted by Crippen LogP contribution is 2.16. The van der Waals surface area contributed by atoms with E-state index in [1.165, 1.54) is 122 Å². The van der Waals surface area contributed by atoms with Crippen LogP contribution >= 0.6 is 0 Å². The third-order valence-electron chi connectivity index (χ3n) is 6.74. The predicted octanol–water partition coefficient (Wildman–Crippen LogP) is 9.99. The van der Waals surface area contributed by atoms with Crippen molar-refractivity contribution in [2.75, 3.05) is 6.61 Å². The van der Waals surface area contributed by atoms with Crippen LogP contribution in [0.3, 0.4) is 0 Å². The minimum absolute atomic E-state index is 0.0422. The third-order valence-corrected chi connectivity index (χ3v) is 7.18. The molecule has 1 atom stereocenters. The average molecular weight is 503 g/mol. The lowest BCUT2D eigenvalue weighted by Gasteiger charge is -2.11. The second-order valence-electron chi connectivity index (χ2n) is 10.2. The number of rotatable bonds is 27. The minimum atomic E-state index is -4.35. The summed E-state index contributed by atoms with van der Waals surface area (Å²) in [5, 5.41) is 0. The SMILES string of the molecule is CCCCCCCCCCCCCCCCCCC/C=C/C(CCCCCC)COS(=O)(=O)O. The zero-order chi connectivity index (χ0) is 25.2. The van der Waals surface area contributed by atoms with E-state index in [0.29, 0.717) is 0 Å². The van der Waals surface area contributed by atoms with Gasteiger partial charge in [0, 0.05) is 5.92 Å². The van der Waals surface area contributed by atoms with Crippen LogP contribution in [0.1, 0.15) is 162 Å². The molecule has 5 heteroatoms. The molecule has 0 aromatic carbocycles. The fourth-order valence-corrected chi connectivity index (χ4v) is 4.86. The van der Waals surface area contributed by atoms with Crippen molar-refractivity contribution < 1.29 is 17.2 Å². The van der Waals surface area contributed by atoms with Gasteiger partial charge >= 0.3 is 10.4 Å². The first-order valence-corrected chi connectivity index (χ1v) is 16.1. The molecule has 0 heterocycles. The molecule has 0 saturated carbocycles. The Bertz CT molecular complexity index is 530. The zero-order valence-corrected chi connectivity index (χ0v) is 23.6. The first kappa shape index (κ1) is 33.6. The van der Waals surface area contributed by atoms with Crippen molar-refractivity contribution in [3.8, 4) is 0 Å². The van der Waals surface area contributed by atoms with Crippen molar-refractivity contribution in [2.24, 2.45) is 5.92 Å². The molecule has 0 aliphatic rings. The van der Waals surface area contributed by atoms with E-state index in [9.17, 15) is 8.42 Å². The van der Waals surface area contributed by atoms with E-state index in [4.69, 9.17) is 4.55 Å². The molecule has 1 N–H and O–H groups in total. The summed E-state index contributed by atoms with van der Waals surface area (Å²) in [6.07, 6.45) is 34.3. The van der Waals surface area contributed by atoms with Crippen molar-refractivity contribution >= 4 is 10.4 Å². The number of hydrogen-bond acceptors (Lipinski definition) is 3. The van der Waals surface area contributed by atoms with E-state index in [-0.39, 0.29) is 12.5 Å². The second kappa shape index (κ2) is 25.7. The van der Waals surface area contributed by atoms with Gasteiger partial charge in [0.05, 0.1) is 6.61 Å². The standard InChI is InChI=1S/C29H58O4S/c1-3-5-7-9-10-11-12-13-14-15-16-17-18-19-20-21-22-23-25-27-29(26-24-8-6-4-2)28-33-34(30,31)32/h25,27,29H,3-24,26,28H2,1-2H3,(H,30,31,32)/b27-25+. The molecule has 34 heavy (non-hydrogen) atoms. The Hall–Kier alpha value is -0.390. The third kappa shape index (κ3) is 27.9. The highest BCUT2D eigenvalue weighted by atomic mass is 32.3. The van der Waals surface area contributed by atoms with Crippen molar-refractivity contribution in [2.45, 2.75) is 162 Å². The summed E-state index contributed by atoms with van der Waals surface area (Å²) in [6.45, 7) is 4.50. The summed E-state index contributed by atoms with van der Waals surface area (Å²) < 4.78 is 35.2. The van der Waals surface area contributed by atoms with Crippen LogP contribution in [0.15, 0.2) is 12.2 Å². The van der Waals surface area contributed by atoms with Gasteiger partial charge in [-0.25, -0.2) is 4.18 Å². The summed E-state index contributed by atoms with van der Waals surface area (Å²) in [5.74, 6) is 0.0598. The lowest BCUT2D eigenvalue weighted by atomic mass is 10.00. The molecule has 0 amide bonds. The van der Waals surface area contributed by atoms with Gasteiger partial charge in [0.2, 0.25) is 0 Å². The molecule has 4 nitrogen and oxygen atoms in total. The first-order valence-electron chi connectivity index (χ1n) is 14.8. The van der Waals surface area contributed by atoms with E-state index in [1.54, 1.807) is 0 Å². The van der Waals surface area contributed by atoms with Crippen LogP contribution in [0.2, 0.25) is 0 Å². The Labute approximate surface area is 213 Å². The van der Waals surface area contributed by atoms with Gasteiger partial charge in [0.15, 0.2) is 0 Å². The normalized spacial score (nSPS) is 13.1. The largest absolute Gasteiger partial charge is 0.397 e. The van der Waals surface area contributed by atoms with Gasteiger partial charge in [-0.2, -0.15) is 8.42 Å². The molecule has 0 rings (SSSR count). The van der Waals surface area contributed by atoms with Gasteiger partial charge < -0.3 is 0 Å². The lowest BCUT2D eigenvalue weighted by Crippen LogP contribution is -2.12. The monoisotopic (exact) mass is 502 g/mol. The van der Waals surface area contributed by atoms with Crippen LogP contribution in [0, 0.1) is 5.92 Å². The molecule has 0 spiro atoms. The molecule has 0 aliphatic heterocycles. The number of unbranched alkanes of at least 4 members (excludes halogenated alkanes) is 20. The molecular weight excluding hydrogens is 444 g/mol. The quantitative estimate of drug-likeness (QED) is 0.0689. The number of hydrogen-bond donors (Lipinski definition) is 1. The van der Waals surface area contributed by atoms with E-state index in [2.05, 4.69) is 30.2 Å². The Balaban J connectivity index is 3.56. The highest BCUT2D eigenvalue weighted by Gasteiger charge is 2.11. The molecule has 1 unspecified atom stereocenters. The topological polar surface area (TPSA) is 63.6 Å². The second-order valence-corrected chi connectivity index (χ2v) is 11.3. The summed E-state index contributed by atoms with van der Waals surface area (Å²) in [7, 11) is -4.35. The van der Waals surface area contributed by atoms with E-state index in [1.807, 2.05) is 0 Å². The molecule has 204 valence electrons. The van der Waals surface area contributed by atoms with E-state index < -0.39 is 10.4 Å². The van der Waals surface area contributed by atoms with Crippen molar-refractivity contribution in [3.05, 3.63) is 12.2 Å². The van der Waals surface area contributed by atoms with Crippen LogP contribution in [0.5, 0.6) is 0 Å². The molecule has 0 aromatic heterocycles. The minimum Gasteiger partial charge on any atom is -0.264 e. The van der Waals surface area contributed by atoms with Crippen LogP contribution in [-0.2, 0) is 14.6 Å². The molecular formula is C29H58O4S. The van der Waals surface area contributed by atoms with Crippen LogP contribution in [-0.4, -0.2) is 19.6 Å². The Morgan fingerprint density at radius 3 is 1.41 bits per heavy atom. The van der Waals surface area contributed by atoms with E-state index >= 15 is 0 Å². The zero-order valence-electron chi connectivity index (χ0n) is 22.8. The molecule has 0 aromatic rings. The number of allylic oxidation sites excluding steroid dienone is 1. The summed E-state index contributed by atoms with van der Waals surface area (Å²) in [6, 6.07) is 0. The molecule has 0 fully saturated rings. The van der Waals surface area contributed by atoms with Crippen LogP contribution in [0.25, 0.3) is 0 Å². The fraction of sp³-hybridized carbons (Fsp3) is 0.931. The van der Waals surface area contributed by atoms with Crippen LogP contribution < -0.4 is 0 Å². The van der Waals surface area contributed by atoms with E-state index in [0.717, 1.165) is 25.7 Å². The van der Waals surface area contributed by atoms with Gasteiger partial charge in [-0.3, -0.25) is 4.55 Å². The molecule has 0 radical (unpaired) electrons. The predicted molar refractivity (Wildman–Crippen MR) is 148 cm³/mol. The van der Waals surface area contributed by atoms with Gasteiger partial charge in [-0.15, -0.1) is 0 Å². The highest BCUT2D eigenvalue weighted by molar-refractivity contribution is 7.80. The Morgan fingerprint density at radius 2 is 1.00 bits per heavy atom. The average Bonchev–Trinajstić information content (AvgIpc) is 2.80. The summed E-state index contributed by atoms with van der Waals surface area (Å²) >= 11 is 0. The van der Waals surface area contributed by atoms with Gasteiger partial charge in [-0.1, -0.05) is 154 Å².